The van der Waals surface area contributed by atoms with Crippen LogP contribution in [0.15, 0.2) is 0 Å². The highest BCUT2D eigenvalue weighted by Crippen LogP contribution is 2.18. The Morgan fingerprint density at radius 2 is 2.12 bits per heavy atom. The number of carbonyl (C=O) groups is 1. The highest BCUT2D eigenvalue weighted by atomic mass is 16.2. The lowest BCUT2D eigenvalue weighted by Crippen LogP contribution is -2.46. The standard InChI is InChI=1S/C13H25N3O/c1-11-4-2-3-6-16(11)13(17)10-15-7-5-12(8-14)9-15/h11-12H,2-10,14H2,1H3. The molecule has 17 heavy (non-hydrogen) atoms. The molecule has 0 radical (unpaired) electrons. The van der Waals surface area contributed by atoms with Crippen LogP contribution in [0.3, 0.4) is 0 Å². The fourth-order valence-electron chi connectivity index (χ4n) is 3.00. The van der Waals surface area contributed by atoms with Gasteiger partial charge in [-0.25, -0.2) is 0 Å². The number of piperidine rings is 1. The zero-order chi connectivity index (χ0) is 12.3. The van der Waals surface area contributed by atoms with Gasteiger partial charge in [0.1, 0.15) is 0 Å². The van der Waals surface area contributed by atoms with Crippen molar-refractivity contribution in [2.24, 2.45) is 11.7 Å². The van der Waals surface area contributed by atoms with Gasteiger partial charge < -0.3 is 10.6 Å². The van der Waals surface area contributed by atoms with Gasteiger partial charge in [0.05, 0.1) is 6.54 Å². The predicted molar refractivity (Wildman–Crippen MR) is 68.6 cm³/mol. The van der Waals surface area contributed by atoms with Crippen molar-refractivity contribution in [3.8, 4) is 0 Å². The molecule has 98 valence electrons. The average molecular weight is 239 g/mol. The summed E-state index contributed by atoms with van der Waals surface area (Å²) >= 11 is 0. The maximum atomic E-state index is 12.2. The van der Waals surface area contributed by atoms with Gasteiger partial charge in [-0.2, -0.15) is 0 Å². The molecule has 2 heterocycles. The van der Waals surface area contributed by atoms with Gasteiger partial charge in [0.25, 0.3) is 0 Å². The molecule has 2 unspecified atom stereocenters. The summed E-state index contributed by atoms with van der Waals surface area (Å²) < 4.78 is 0. The molecule has 0 aromatic rings. The Hall–Kier alpha value is -0.610. The first-order chi connectivity index (χ1) is 8.20. The fourth-order valence-corrected chi connectivity index (χ4v) is 3.00. The van der Waals surface area contributed by atoms with Crippen molar-refractivity contribution in [1.29, 1.82) is 0 Å². The van der Waals surface area contributed by atoms with Gasteiger partial charge in [-0.05, 0) is 51.6 Å². The molecular formula is C13H25N3O. The van der Waals surface area contributed by atoms with Crippen molar-refractivity contribution < 1.29 is 4.79 Å². The third kappa shape index (κ3) is 3.19. The van der Waals surface area contributed by atoms with Crippen molar-refractivity contribution in [3.63, 3.8) is 0 Å². The molecule has 4 nitrogen and oxygen atoms in total. The number of nitrogens with zero attached hydrogens (tertiary/aromatic N) is 2. The molecule has 2 fully saturated rings. The Balaban J connectivity index is 1.80. The van der Waals surface area contributed by atoms with Gasteiger partial charge in [0.2, 0.25) is 5.91 Å². The second kappa shape index (κ2) is 5.83. The van der Waals surface area contributed by atoms with E-state index in [-0.39, 0.29) is 0 Å². The molecule has 2 rings (SSSR count). The van der Waals surface area contributed by atoms with Crippen LogP contribution in [0.1, 0.15) is 32.6 Å². The van der Waals surface area contributed by atoms with Crippen LogP contribution in [-0.4, -0.2) is 54.5 Å². The summed E-state index contributed by atoms with van der Waals surface area (Å²) in [7, 11) is 0. The first-order valence-electron chi connectivity index (χ1n) is 6.92. The lowest BCUT2D eigenvalue weighted by atomic mass is 10.0. The molecule has 2 aliphatic rings. The third-order valence-electron chi connectivity index (χ3n) is 4.19. The van der Waals surface area contributed by atoms with Crippen LogP contribution in [0, 0.1) is 5.92 Å². The normalized spacial score (nSPS) is 30.8. The molecule has 0 aromatic carbocycles. The van der Waals surface area contributed by atoms with E-state index < -0.39 is 0 Å². The van der Waals surface area contributed by atoms with E-state index in [9.17, 15) is 4.79 Å². The summed E-state index contributed by atoms with van der Waals surface area (Å²) in [6, 6.07) is 0.434. The Labute approximate surface area is 104 Å². The van der Waals surface area contributed by atoms with Crippen molar-refractivity contribution in [2.75, 3.05) is 32.7 Å². The molecule has 1 amide bonds. The van der Waals surface area contributed by atoms with Crippen molar-refractivity contribution in [1.82, 2.24) is 9.80 Å². The molecule has 2 N–H and O–H groups in total. The van der Waals surface area contributed by atoms with Gasteiger partial charge in [-0.1, -0.05) is 0 Å². The van der Waals surface area contributed by atoms with E-state index >= 15 is 0 Å². The molecule has 0 spiro atoms. The lowest BCUT2D eigenvalue weighted by molar-refractivity contribution is -0.135. The molecule has 0 aromatic heterocycles. The zero-order valence-electron chi connectivity index (χ0n) is 10.9. The highest BCUT2D eigenvalue weighted by molar-refractivity contribution is 5.78. The van der Waals surface area contributed by atoms with Crippen LogP contribution in [0.25, 0.3) is 0 Å². The number of carbonyl (C=O) groups excluding carboxylic acids is 1. The van der Waals surface area contributed by atoms with E-state index in [0.717, 1.165) is 39.0 Å². The summed E-state index contributed by atoms with van der Waals surface area (Å²) in [5.74, 6) is 0.913. The van der Waals surface area contributed by atoms with Crippen molar-refractivity contribution in [2.45, 2.75) is 38.6 Å². The molecule has 0 saturated carbocycles. The van der Waals surface area contributed by atoms with Crippen LogP contribution >= 0.6 is 0 Å². The summed E-state index contributed by atoms with van der Waals surface area (Å²) in [6.07, 6.45) is 4.75. The number of amides is 1. The van der Waals surface area contributed by atoms with E-state index in [1.54, 1.807) is 0 Å². The fraction of sp³-hybridized carbons (Fsp3) is 0.923. The van der Waals surface area contributed by atoms with Crippen LogP contribution in [-0.2, 0) is 4.79 Å². The number of rotatable bonds is 3. The summed E-state index contributed by atoms with van der Waals surface area (Å²) in [5.41, 5.74) is 5.67. The van der Waals surface area contributed by atoms with Crippen LogP contribution in [0.2, 0.25) is 0 Å². The maximum absolute atomic E-state index is 12.2. The van der Waals surface area contributed by atoms with Gasteiger partial charge in [-0.3, -0.25) is 9.69 Å². The Kier molecular flexibility index (Phi) is 4.40. The molecule has 0 aliphatic carbocycles. The van der Waals surface area contributed by atoms with E-state index in [1.807, 2.05) is 0 Å². The Bertz CT molecular complexity index is 269. The highest BCUT2D eigenvalue weighted by Gasteiger charge is 2.27. The minimum absolute atomic E-state index is 0.315. The van der Waals surface area contributed by atoms with Gasteiger partial charge in [0.15, 0.2) is 0 Å². The van der Waals surface area contributed by atoms with E-state index in [2.05, 4.69) is 16.7 Å². The monoisotopic (exact) mass is 239 g/mol. The molecule has 4 heteroatoms. The second-order valence-electron chi connectivity index (χ2n) is 5.56. The summed E-state index contributed by atoms with van der Waals surface area (Å²) in [6.45, 7) is 6.52. The number of likely N-dealkylation sites (tertiary alicyclic amines) is 2. The molecular weight excluding hydrogens is 214 g/mol. The lowest BCUT2D eigenvalue weighted by Gasteiger charge is -2.34. The maximum Gasteiger partial charge on any atom is 0.236 e. The van der Waals surface area contributed by atoms with E-state index in [4.69, 9.17) is 5.73 Å². The van der Waals surface area contributed by atoms with Crippen molar-refractivity contribution >= 4 is 5.91 Å². The summed E-state index contributed by atoms with van der Waals surface area (Å²) in [4.78, 5) is 16.5. The Morgan fingerprint density at radius 3 is 2.76 bits per heavy atom. The van der Waals surface area contributed by atoms with E-state index in [1.165, 1.54) is 12.8 Å². The minimum Gasteiger partial charge on any atom is -0.339 e. The Morgan fingerprint density at radius 1 is 1.29 bits per heavy atom. The number of hydrogen-bond donors (Lipinski definition) is 1. The average Bonchev–Trinajstić information content (AvgIpc) is 2.77. The van der Waals surface area contributed by atoms with Crippen LogP contribution in [0.4, 0.5) is 0 Å². The molecule has 2 atom stereocenters. The largest absolute Gasteiger partial charge is 0.339 e. The predicted octanol–water partition coefficient (Wildman–Crippen LogP) is 0.668. The SMILES string of the molecule is CC1CCCCN1C(=O)CN1CCC(CN)C1. The second-order valence-corrected chi connectivity index (χ2v) is 5.56. The van der Waals surface area contributed by atoms with Gasteiger partial charge >= 0.3 is 0 Å². The first-order valence-corrected chi connectivity index (χ1v) is 6.92. The third-order valence-corrected chi connectivity index (χ3v) is 4.19. The van der Waals surface area contributed by atoms with Crippen LogP contribution in [0.5, 0.6) is 0 Å². The molecule has 0 bridgehead atoms. The quantitative estimate of drug-likeness (QED) is 0.787. The van der Waals surface area contributed by atoms with Crippen LogP contribution < -0.4 is 5.73 Å². The van der Waals surface area contributed by atoms with Gasteiger partial charge in [-0.15, -0.1) is 0 Å². The molecule has 2 aliphatic heterocycles. The van der Waals surface area contributed by atoms with Crippen molar-refractivity contribution in [3.05, 3.63) is 0 Å². The molecule has 2 saturated heterocycles. The van der Waals surface area contributed by atoms with Gasteiger partial charge in [0, 0.05) is 19.1 Å². The number of nitrogens with two attached hydrogens (primary N) is 1. The van der Waals surface area contributed by atoms with E-state index in [0.29, 0.717) is 24.4 Å². The topological polar surface area (TPSA) is 49.6 Å². The smallest absolute Gasteiger partial charge is 0.236 e. The first kappa shape index (κ1) is 12.8. The zero-order valence-corrected chi connectivity index (χ0v) is 10.9. The summed E-state index contributed by atoms with van der Waals surface area (Å²) in [5, 5.41) is 0. The minimum atomic E-state index is 0.315. The number of hydrogen-bond acceptors (Lipinski definition) is 3.